The van der Waals surface area contributed by atoms with Gasteiger partial charge in [-0.25, -0.2) is 9.78 Å². The number of anilines is 1. The van der Waals surface area contributed by atoms with E-state index >= 15 is 0 Å². The van der Waals surface area contributed by atoms with Crippen molar-refractivity contribution in [1.82, 2.24) is 9.38 Å². The van der Waals surface area contributed by atoms with Gasteiger partial charge in [-0.1, -0.05) is 23.8 Å². The van der Waals surface area contributed by atoms with Crippen molar-refractivity contribution in [2.24, 2.45) is 0 Å². The molecular formula is C26H23N3O4S. The number of rotatable bonds is 5. The normalized spacial score (nSPS) is 12.9. The molecule has 8 heteroatoms. The largest absolute Gasteiger partial charge is 0.456 e. The molecule has 0 bridgehead atoms. The Morgan fingerprint density at radius 1 is 1.06 bits per heavy atom. The third-order valence-electron chi connectivity index (χ3n) is 5.84. The second kappa shape index (κ2) is 9.23. The number of carbonyl (C=O) groups excluding carboxylic acids is 2. The summed E-state index contributed by atoms with van der Waals surface area (Å²) in [5, 5.41) is 2.80. The maximum Gasteiger partial charge on any atom is 0.338 e. The van der Waals surface area contributed by atoms with Crippen LogP contribution in [-0.4, -0.2) is 21.3 Å². The molecule has 1 N–H and O–H groups in total. The van der Waals surface area contributed by atoms with Gasteiger partial charge in [0.1, 0.15) is 6.61 Å². The summed E-state index contributed by atoms with van der Waals surface area (Å²) in [6.45, 7) is 1.85. The van der Waals surface area contributed by atoms with Crippen LogP contribution in [0.4, 0.5) is 5.69 Å². The fraction of sp³-hybridized carbons (Fsp3) is 0.231. The van der Waals surface area contributed by atoms with Gasteiger partial charge >= 0.3 is 5.97 Å². The molecule has 0 atom stereocenters. The highest BCUT2D eigenvalue weighted by atomic mass is 32.1. The van der Waals surface area contributed by atoms with E-state index < -0.39 is 5.97 Å². The molecule has 0 spiro atoms. The van der Waals surface area contributed by atoms with E-state index in [1.807, 2.05) is 19.1 Å². The summed E-state index contributed by atoms with van der Waals surface area (Å²) in [5.74, 6) is -0.818. The summed E-state index contributed by atoms with van der Waals surface area (Å²) < 4.78 is 7.11. The third-order valence-corrected chi connectivity index (χ3v) is 6.98. The first-order valence-corrected chi connectivity index (χ1v) is 12.0. The molecule has 0 radical (unpaired) electrons. The summed E-state index contributed by atoms with van der Waals surface area (Å²) in [6, 6.07) is 15.2. The van der Waals surface area contributed by atoms with Gasteiger partial charge in [0.15, 0.2) is 4.96 Å². The van der Waals surface area contributed by atoms with E-state index in [4.69, 9.17) is 4.74 Å². The minimum Gasteiger partial charge on any atom is -0.456 e. The molecule has 0 saturated carbocycles. The summed E-state index contributed by atoms with van der Waals surface area (Å²) in [6.07, 6.45) is 4.07. The van der Waals surface area contributed by atoms with Crippen LogP contribution < -0.4 is 10.9 Å². The van der Waals surface area contributed by atoms with Crippen LogP contribution in [0.15, 0.2) is 59.4 Å². The van der Waals surface area contributed by atoms with Gasteiger partial charge in [0.2, 0.25) is 0 Å². The molecule has 2 aromatic heterocycles. The molecule has 2 aromatic carbocycles. The lowest BCUT2D eigenvalue weighted by Gasteiger charge is -2.10. The molecule has 1 aliphatic rings. The van der Waals surface area contributed by atoms with Crippen molar-refractivity contribution in [3.05, 3.63) is 97.9 Å². The first-order valence-electron chi connectivity index (χ1n) is 11.2. The fourth-order valence-electron chi connectivity index (χ4n) is 4.07. The Bertz CT molecular complexity index is 1450. The molecule has 1 amide bonds. The monoisotopic (exact) mass is 473 g/mol. The molecule has 2 heterocycles. The van der Waals surface area contributed by atoms with Gasteiger partial charge in [-0.05, 0) is 62.9 Å². The van der Waals surface area contributed by atoms with Crippen molar-refractivity contribution in [1.29, 1.82) is 0 Å². The van der Waals surface area contributed by atoms with Gasteiger partial charge in [-0.2, -0.15) is 0 Å². The predicted molar refractivity (Wildman–Crippen MR) is 131 cm³/mol. The van der Waals surface area contributed by atoms with Gasteiger partial charge in [0.05, 0.1) is 11.3 Å². The highest BCUT2D eigenvalue weighted by Gasteiger charge is 2.19. The molecule has 5 rings (SSSR count). The number of hydrogen-bond donors (Lipinski definition) is 1. The first-order chi connectivity index (χ1) is 16.5. The van der Waals surface area contributed by atoms with Crippen LogP contribution in [0.1, 0.15) is 55.4 Å². The molecule has 172 valence electrons. The Kier molecular flexibility index (Phi) is 5.98. The van der Waals surface area contributed by atoms with Crippen LogP contribution in [0.25, 0.3) is 4.96 Å². The van der Waals surface area contributed by atoms with Crippen molar-refractivity contribution in [3.63, 3.8) is 0 Å². The molecule has 7 nitrogen and oxygen atoms in total. The van der Waals surface area contributed by atoms with Gasteiger partial charge < -0.3 is 10.1 Å². The van der Waals surface area contributed by atoms with Gasteiger partial charge in [0.25, 0.3) is 11.5 Å². The zero-order valence-electron chi connectivity index (χ0n) is 18.7. The Balaban J connectivity index is 1.27. The minimum atomic E-state index is -0.557. The number of carbonyl (C=O) groups is 2. The fourth-order valence-corrected chi connectivity index (χ4v) is 5.30. The number of benzene rings is 2. The zero-order chi connectivity index (χ0) is 23.7. The van der Waals surface area contributed by atoms with E-state index in [0.717, 1.165) is 36.9 Å². The second-order valence-corrected chi connectivity index (χ2v) is 9.42. The number of nitrogens with one attached hydrogen (secondary N) is 1. The van der Waals surface area contributed by atoms with E-state index in [0.29, 0.717) is 27.5 Å². The van der Waals surface area contributed by atoms with E-state index in [2.05, 4.69) is 10.3 Å². The standard InChI is InChI=1S/C26H23N3O4S/c1-16-9-11-17(12-10-16)24(31)27-19-6-4-5-18(13-19)25(32)33-15-20-14-23(30)29-21-7-2-3-8-22(21)34-26(29)28-20/h4-6,9-14H,2-3,7-8,15H2,1H3,(H,27,31). The summed E-state index contributed by atoms with van der Waals surface area (Å²) in [5.41, 5.74) is 3.72. The van der Waals surface area contributed by atoms with E-state index in [-0.39, 0.29) is 18.1 Å². The zero-order valence-corrected chi connectivity index (χ0v) is 19.5. The Labute approximate surface area is 200 Å². The van der Waals surface area contributed by atoms with Crippen molar-refractivity contribution >= 4 is 33.9 Å². The third kappa shape index (κ3) is 4.49. The average Bonchev–Trinajstić information content (AvgIpc) is 3.22. The van der Waals surface area contributed by atoms with Crippen molar-refractivity contribution in [3.8, 4) is 0 Å². The van der Waals surface area contributed by atoms with E-state index in [1.165, 1.54) is 22.3 Å². The molecule has 0 saturated heterocycles. The van der Waals surface area contributed by atoms with Crippen LogP contribution in [0, 0.1) is 6.92 Å². The number of thiazole rings is 1. The lowest BCUT2D eigenvalue weighted by molar-refractivity contribution is 0.0467. The van der Waals surface area contributed by atoms with Gasteiger partial charge in [-0.15, -0.1) is 11.3 Å². The number of aryl methyl sites for hydroxylation is 3. The molecule has 0 fully saturated rings. The molecular weight excluding hydrogens is 450 g/mol. The number of esters is 1. The van der Waals surface area contributed by atoms with Crippen LogP contribution in [-0.2, 0) is 24.2 Å². The highest BCUT2D eigenvalue weighted by Crippen LogP contribution is 2.28. The summed E-state index contributed by atoms with van der Waals surface area (Å²) in [4.78, 5) is 44.2. The quantitative estimate of drug-likeness (QED) is 0.430. The highest BCUT2D eigenvalue weighted by molar-refractivity contribution is 7.17. The maximum atomic E-state index is 12.7. The van der Waals surface area contributed by atoms with Crippen molar-refractivity contribution in [2.75, 3.05) is 5.32 Å². The number of amides is 1. The Morgan fingerprint density at radius 2 is 1.85 bits per heavy atom. The second-order valence-electron chi connectivity index (χ2n) is 8.36. The number of hydrogen-bond acceptors (Lipinski definition) is 6. The number of nitrogens with zero attached hydrogens (tertiary/aromatic N) is 2. The lowest BCUT2D eigenvalue weighted by Crippen LogP contribution is -2.18. The summed E-state index contributed by atoms with van der Waals surface area (Å²) >= 11 is 1.54. The van der Waals surface area contributed by atoms with Crippen LogP contribution >= 0.6 is 11.3 Å². The molecule has 34 heavy (non-hydrogen) atoms. The molecule has 1 aliphatic carbocycles. The topological polar surface area (TPSA) is 89.8 Å². The number of fused-ring (bicyclic) bond motifs is 3. The first kappa shape index (κ1) is 22.0. The molecule has 0 aliphatic heterocycles. The average molecular weight is 474 g/mol. The minimum absolute atomic E-state index is 0.104. The van der Waals surface area contributed by atoms with Gasteiger partial charge in [0, 0.05) is 27.9 Å². The Hall–Kier alpha value is -3.78. The lowest BCUT2D eigenvalue weighted by atomic mass is 10.0. The van der Waals surface area contributed by atoms with Crippen molar-refractivity contribution in [2.45, 2.75) is 39.2 Å². The molecule has 0 unspecified atom stereocenters. The number of ether oxygens (including phenoxy) is 1. The van der Waals surface area contributed by atoms with Crippen LogP contribution in [0.3, 0.4) is 0 Å². The maximum absolute atomic E-state index is 12.7. The van der Waals surface area contributed by atoms with Crippen molar-refractivity contribution < 1.29 is 14.3 Å². The predicted octanol–water partition coefficient (Wildman–Crippen LogP) is 4.55. The number of aromatic nitrogens is 2. The van der Waals surface area contributed by atoms with E-state index in [9.17, 15) is 14.4 Å². The van der Waals surface area contributed by atoms with E-state index in [1.54, 1.807) is 40.8 Å². The van der Waals surface area contributed by atoms with Crippen LogP contribution in [0.5, 0.6) is 0 Å². The Morgan fingerprint density at radius 3 is 2.68 bits per heavy atom. The summed E-state index contributed by atoms with van der Waals surface area (Å²) in [7, 11) is 0. The SMILES string of the molecule is Cc1ccc(C(=O)Nc2cccc(C(=O)OCc3cc(=O)n4c5c(sc4n3)CCCC5)c2)cc1. The van der Waals surface area contributed by atoms with Gasteiger partial charge in [-0.3, -0.25) is 14.0 Å². The smallest absolute Gasteiger partial charge is 0.338 e. The van der Waals surface area contributed by atoms with Crippen LogP contribution in [0.2, 0.25) is 0 Å². The molecule has 4 aromatic rings.